The molecule has 0 saturated carbocycles. The molecule has 5 nitrogen and oxygen atoms in total. The quantitative estimate of drug-likeness (QED) is 0.862. The summed E-state index contributed by atoms with van der Waals surface area (Å²) >= 11 is 0. The smallest absolute Gasteiger partial charge is 0.0729 e. The van der Waals surface area contributed by atoms with E-state index in [1.807, 2.05) is 28.0 Å². The van der Waals surface area contributed by atoms with E-state index in [0.29, 0.717) is 6.04 Å². The zero-order valence-corrected chi connectivity index (χ0v) is 10.6. The van der Waals surface area contributed by atoms with Crippen molar-refractivity contribution in [1.82, 2.24) is 19.6 Å². The Bertz CT molecular complexity index is 469. The van der Waals surface area contributed by atoms with Crippen LogP contribution in [0.25, 0.3) is 0 Å². The predicted octanol–water partition coefficient (Wildman–Crippen LogP) is 2.29. The van der Waals surface area contributed by atoms with Crippen LogP contribution in [0.15, 0.2) is 24.8 Å². The summed E-state index contributed by atoms with van der Waals surface area (Å²) in [5.41, 5.74) is 2.23. The van der Waals surface area contributed by atoms with Crippen molar-refractivity contribution in [2.75, 3.05) is 5.32 Å². The number of hydrogen-bond donors (Lipinski definition) is 1. The van der Waals surface area contributed by atoms with Crippen molar-refractivity contribution in [3.8, 4) is 0 Å². The molecule has 2 rings (SSSR count). The summed E-state index contributed by atoms with van der Waals surface area (Å²) in [4.78, 5) is 0. The van der Waals surface area contributed by atoms with E-state index in [1.165, 1.54) is 5.56 Å². The van der Waals surface area contributed by atoms with E-state index in [0.717, 1.165) is 18.8 Å². The third-order valence-electron chi connectivity index (χ3n) is 2.64. The molecule has 2 aromatic rings. The van der Waals surface area contributed by atoms with Crippen molar-refractivity contribution in [2.24, 2.45) is 0 Å². The SMILES string of the molecule is CCn1cc(NCc2cnn(C(C)C)c2)cn1. The minimum Gasteiger partial charge on any atom is -0.378 e. The lowest BCUT2D eigenvalue weighted by molar-refractivity contribution is 0.532. The highest BCUT2D eigenvalue weighted by atomic mass is 15.3. The maximum absolute atomic E-state index is 4.31. The van der Waals surface area contributed by atoms with E-state index in [4.69, 9.17) is 0 Å². The fourth-order valence-corrected chi connectivity index (χ4v) is 1.58. The van der Waals surface area contributed by atoms with Crippen LogP contribution in [-0.4, -0.2) is 19.6 Å². The lowest BCUT2D eigenvalue weighted by Gasteiger charge is -2.03. The van der Waals surface area contributed by atoms with Crippen molar-refractivity contribution in [3.05, 3.63) is 30.4 Å². The minimum atomic E-state index is 0.409. The first-order valence-corrected chi connectivity index (χ1v) is 5.98. The third kappa shape index (κ3) is 2.87. The van der Waals surface area contributed by atoms with Crippen LogP contribution in [0.1, 0.15) is 32.4 Å². The number of aromatic nitrogens is 4. The van der Waals surface area contributed by atoms with Gasteiger partial charge in [-0.1, -0.05) is 0 Å². The molecule has 92 valence electrons. The van der Waals surface area contributed by atoms with Gasteiger partial charge in [-0.3, -0.25) is 9.36 Å². The monoisotopic (exact) mass is 233 g/mol. The second-order valence-corrected chi connectivity index (χ2v) is 4.36. The summed E-state index contributed by atoms with van der Waals surface area (Å²) in [5, 5.41) is 11.9. The predicted molar refractivity (Wildman–Crippen MR) is 67.8 cm³/mol. The van der Waals surface area contributed by atoms with Gasteiger partial charge in [0.25, 0.3) is 0 Å². The van der Waals surface area contributed by atoms with Gasteiger partial charge in [0.15, 0.2) is 0 Å². The van der Waals surface area contributed by atoms with Gasteiger partial charge in [0.05, 0.1) is 18.1 Å². The molecule has 0 fully saturated rings. The van der Waals surface area contributed by atoms with Crippen molar-refractivity contribution in [2.45, 2.75) is 39.9 Å². The van der Waals surface area contributed by atoms with E-state index < -0.39 is 0 Å². The van der Waals surface area contributed by atoms with Gasteiger partial charge in [0.2, 0.25) is 0 Å². The Morgan fingerprint density at radius 3 is 2.65 bits per heavy atom. The molecule has 0 saturated heterocycles. The summed E-state index contributed by atoms with van der Waals surface area (Å²) in [6.45, 7) is 7.99. The highest BCUT2D eigenvalue weighted by Crippen LogP contribution is 2.09. The molecule has 1 N–H and O–H groups in total. The molecule has 0 amide bonds. The Balaban J connectivity index is 1.92. The first kappa shape index (κ1) is 11.7. The van der Waals surface area contributed by atoms with Gasteiger partial charge in [0, 0.05) is 37.1 Å². The summed E-state index contributed by atoms with van der Waals surface area (Å²) in [5.74, 6) is 0. The number of nitrogens with one attached hydrogen (secondary N) is 1. The number of rotatable bonds is 5. The van der Waals surface area contributed by atoms with Gasteiger partial charge in [-0.2, -0.15) is 10.2 Å². The number of anilines is 1. The first-order chi connectivity index (χ1) is 8.19. The average molecular weight is 233 g/mol. The van der Waals surface area contributed by atoms with E-state index >= 15 is 0 Å². The molecule has 0 unspecified atom stereocenters. The van der Waals surface area contributed by atoms with Crippen LogP contribution in [0.2, 0.25) is 0 Å². The summed E-state index contributed by atoms with van der Waals surface area (Å²) in [6, 6.07) is 0.409. The van der Waals surface area contributed by atoms with E-state index in [9.17, 15) is 0 Å². The van der Waals surface area contributed by atoms with Crippen LogP contribution in [0, 0.1) is 0 Å². The topological polar surface area (TPSA) is 47.7 Å². The molecular weight excluding hydrogens is 214 g/mol. The fourth-order valence-electron chi connectivity index (χ4n) is 1.58. The zero-order valence-electron chi connectivity index (χ0n) is 10.6. The molecule has 0 aliphatic carbocycles. The van der Waals surface area contributed by atoms with Gasteiger partial charge >= 0.3 is 0 Å². The Morgan fingerprint density at radius 1 is 1.24 bits per heavy atom. The molecule has 0 aliphatic heterocycles. The number of aryl methyl sites for hydroxylation is 1. The second-order valence-electron chi connectivity index (χ2n) is 4.36. The van der Waals surface area contributed by atoms with Gasteiger partial charge in [-0.25, -0.2) is 0 Å². The molecule has 2 heterocycles. The Hall–Kier alpha value is -1.78. The standard InChI is InChI=1S/C12H19N5/c1-4-16-9-12(7-14-16)13-5-11-6-15-17(8-11)10(2)3/h6-10,13H,4-5H2,1-3H3. The lowest BCUT2D eigenvalue weighted by Crippen LogP contribution is -2.01. The molecule has 0 atom stereocenters. The summed E-state index contributed by atoms with van der Waals surface area (Å²) in [6.07, 6.45) is 7.82. The third-order valence-corrected chi connectivity index (χ3v) is 2.64. The Morgan fingerprint density at radius 2 is 2.06 bits per heavy atom. The van der Waals surface area contributed by atoms with Crippen molar-refractivity contribution < 1.29 is 0 Å². The largest absolute Gasteiger partial charge is 0.378 e. The van der Waals surface area contributed by atoms with Crippen LogP contribution in [0.4, 0.5) is 5.69 Å². The number of hydrogen-bond acceptors (Lipinski definition) is 3. The second kappa shape index (κ2) is 5.03. The van der Waals surface area contributed by atoms with Crippen LogP contribution >= 0.6 is 0 Å². The van der Waals surface area contributed by atoms with Crippen LogP contribution < -0.4 is 5.32 Å². The summed E-state index contributed by atoms with van der Waals surface area (Å²) in [7, 11) is 0. The van der Waals surface area contributed by atoms with Gasteiger partial charge in [-0.15, -0.1) is 0 Å². The minimum absolute atomic E-state index is 0.409. The van der Waals surface area contributed by atoms with Gasteiger partial charge < -0.3 is 5.32 Å². The molecule has 2 aromatic heterocycles. The maximum Gasteiger partial charge on any atom is 0.0729 e. The molecule has 0 bridgehead atoms. The number of nitrogens with zero attached hydrogens (tertiary/aromatic N) is 4. The Labute approximate surface area is 101 Å². The van der Waals surface area contributed by atoms with Crippen molar-refractivity contribution in [3.63, 3.8) is 0 Å². The Kier molecular flexibility index (Phi) is 3.46. The highest BCUT2D eigenvalue weighted by molar-refractivity contribution is 5.38. The summed E-state index contributed by atoms with van der Waals surface area (Å²) < 4.78 is 3.87. The maximum atomic E-state index is 4.31. The lowest BCUT2D eigenvalue weighted by atomic mass is 10.3. The molecular formula is C12H19N5. The molecule has 5 heteroatoms. The molecule has 0 aliphatic rings. The van der Waals surface area contributed by atoms with Gasteiger partial charge in [-0.05, 0) is 20.8 Å². The average Bonchev–Trinajstić information content (AvgIpc) is 2.95. The normalized spacial score (nSPS) is 11.1. The van der Waals surface area contributed by atoms with E-state index in [1.54, 1.807) is 0 Å². The first-order valence-electron chi connectivity index (χ1n) is 5.98. The molecule has 0 aromatic carbocycles. The van der Waals surface area contributed by atoms with E-state index in [-0.39, 0.29) is 0 Å². The zero-order chi connectivity index (χ0) is 12.3. The molecule has 17 heavy (non-hydrogen) atoms. The van der Waals surface area contributed by atoms with Crippen molar-refractivity contribution >= 4 is 5.69 Å². The van der Waals surface area contributed by atoms with Crippen LogP contribution in [0.5, 0.6) is 0 Å². The van der Waals surface area contributed by atoms with E-state index in [2.05, 4.69) is 42.5 Å². The highest BCUT2D eigenvalue weighted by Gasteiger charge is 2.02. The van der Waals surface area contributed by atoms with Crippen molar-refractivity contribution in [1.29, 1.82) is 0 Å². The van der Waals surface area contributed by atoms with Crippen LogP contribution in [0.3, 0.4) is 0 Å². The molecule has 0 radical (unpaired) electrons. The molecule has 0 spiro atoms. The fraction of sp³-hybridized carbons (Fsp3) is 0.500. The van der Waals surface area contributed by atoms with Crippen LogP contribution in [-0.2, 0) is 13.1 Å². The van der Waals surface area contributed by atoms with Gasteiger partial charge in [0.1, 0.15) is 0 Å².